The second-order valence-electron chi connectivity index (χ2n) is 4.68. The minimum Gasteiger partial charge on any atom is -0.315 e. The Morgan fingerprint density at radius 1 is 1.25 bits per heavy atom. The quantitative estimate of drug-likeness (QED) is 0.624. The van der Waals surface area contributed by atoms with Gasteiger partial charge in [-0.15, -0.1) is 0 Å². The second-order valence-corrected chi connectivity index (χ2v) is 4.68. The van der Waals surface area contributed by atoms with Gasteiger partial charge in [0.15, 0.2) is 0 Å². The van der Waals surface area contributed by atoms with Gasteiger partial charge >= 0.3 is 0 Å². The molecule has 0 amide bonds. The molecule has 0 aromatic heterocycles. The van der Waals surface area contributed by atoms with Crippen LogP contribution in [0.4, 0.5) is 0 Å². The highest BCUT2D eigenvalue weighted by Gasteiger charge is 2.48. The SMILES string of the molecule is C1CN(C2CC2)C2(C1)CCNC2. The van der Waals surface area contributed by atoms with Crippen molar-refractivity contribution in [3.63, 3.8) is 0 Å². The standard InChI is InChI=1S/C10H18N2/c1-4-10(5-6-11-8-10)12(7-1)9-2-3-9/h9,11H,1-8H2. The molecule has 1 atom stereocenters. The van der Waals surface area contributed by atoms with Gasteiger partial charge in [-0.1, -0.05) is 0 Å². The van der Waals surface area contributed by atoms with Crippen LogP contribution in [0.15, 0.2) is 0 Å². The third kappa shape index (κ3) is 0.944. The summed E-state index contributed by atoms with van der Waals surface area (Å²) in [4.78, 5) is 2.81. The topological polar surface area (TPSA) is 15.3 Å². The third-order valence-corrected chi connectivity index (χ3v) is 3.86. The first-order chi connectivity index (χ1) is 5.91. The van der Waals surface area contributed by atoms with Crippen molar-refractivity contribution in [3.05, 3.63) is 0 Å². The van der Waals surface area contributed by atoms with Gasteiger partial charge in [-0.05, 0) is 45.2 Å². The van der Waals surface area contributed by atoms with Crippen molar-refractivity contribution in [1.29, 1.82) is 0 Å². The number of hydrogen-bond donors (Lipinski definition) is 1. The van der Waals surface area contributed by atoms with Gasteiger partial charge < -0.3 is 5.32 Å². The largest absolute Gasteiger partial charge is 0.315 e. The summed E-state index contributed by atoms with van der Waals surface area (Å²) in [5.41, 5.74) is 0.612. The monoisotopic (exact) mass is 166 g/mol. The molecule has 68 valence electrons. The second kappa shape index (κ2) is 2.46. The Labute approximate surface area is 74.3 Å². The van der Waals surface area contributed by atoms with E-state index in [9.17, 15) is 0 Å². The predicted molar refractivity (Wildman–Crippen MR) is 49.2 cm³/mol. The molecule has 1 N–H and O–H groups in total. The smallest absolute Gasteiger partial charge is 0.0349 e. The van der Waals surface area contributed by atoms with E-state index >= 15 is 0 Å². The van der Waals surface area contributed by atoms with E-state index in [-0.39, 0.29) is 0 Å². The highest BCUT2D eigenvalue weighted by atomic mass is 15.3. The van der Waals surface area contributed by atoms with Crippen LogP contribution in [0.3, 0.4) is 0 Å². The highest BCUT2D eigenvalue weighted by molar-refractivity contribution is 5.06. The van der Waals surface area contributed by atoms with Crippen molar-refractivity contribution in [3.8, 4) is 0 Å². The summed E-state index contributed by atoms with van der Waals surface area (Å²) < 4.78 is 0. The molecule has 2 heterocycles. The Hall–Kier alpha value is -0.0800. The molecular weight excluding hydrogens is 148 g/mol. The fraction of sp³-hybridized carbons (Fsp3) is 1.00. The van der Waals surface area contributed by atoms with Crippen LogP contribution in [0, 0.1) is 0 Å². The van der Waals surface area contributed by atoms with Gasteiger partial charge in [0.25, 0.3) is 0 Å². The fourth-order valence-corrected chi connectivity index (χ4v) is 3.10. The molecule has 0 aromatic carbocycles. The van der Waals surface area contributed by atoms with Crippen LogP contribution in [0.25, 0.3) is 0 Å². The fourth-order valence-electron chi connectivity index (χ4n) is 3.10. The van der Waals surface area contributed by atoms with E-state index in [1.54, 1.807) is 0 Å². The Balaban J connectivity index is 1.81. The number of nitrogens with zero attached hydrogens (tertiary/aromatic N) is 1. The number of nitrogens with one attached hydrogen (secondary N) is 1. The van der Waals surface area contributed by atoms with Crippen LogP contribution in [0.1, 0.15) is 32.1 Å². The number of likely N-dealkylation sites (tertiary alicyclic amines) is 1. The molecule has 1 saturated carbocycles. The zero-order valence-corrected chi connectivity index (χ0v) is 7.68. The minimum atomic E-state index is 0.612. The van der Waals surface area contributed by atoms with Gasteiger partial charge in [0, 0.05) is 18.1 Å². The molecule has 2 saturated heterocycles. The molecule has 1 spiro atoms. The molecular formula is C10H18N2. The van der Waals surface area contributed by atoms with Crippen molar-refractivity contribution >= 4 is 0 Å². The maximum Gasteiger partial charge on any atom is 0.0349 e. The lowest BCUT2D eigenvalue weighted by Crippen LogP contribution is -2.46. The summed E-state index contributed by atoms with van der Waals surface area (Å²) in [7, 11) is 0. The molecule has 3 rings (SSSR count). The lowest BCUT2D eigenvalue weighted by molar-refractivity contribution is 0.147. The van der Waals surface area contributed by atoms with Crippen LogP contribution in [-0.4, -0.2) is 36.1 Å². The van der Waals surface area contributed by atoms with Crippen molar-refractivity contribution in [2.45, 2.75) is 43.7 Å². The molecule has 0 aromatic rings. The lowest BCUT2D eigenvalue weighted by Gasteiger charge is -2.34. The normalized spacial score (nSPS) is 43.0. The van der Waals surface area contributed by atoms with Crippen molar-refractivity contribution in [2.75, 3.05) is 19.6 Å². The molecule has 0 bridgehead atoms. The third-order valence-electron chi connectivity index (χ3n) is 3.86. The van der Waals surface area contributed by atoms with Crippen molar-refractivity contribution < 1.29 is 0 Å². The van der Waals surface area contributed by atoms with Crippen molar-refractivity contribution in [1.82, 2.24) is 10.2 Å². The molecule has 1 aliphatic carbocycles. The molecule has 3 fully saturated rings. The van der Waals surface area contributed by atoms with Gasteiger partial charge in [-0.3, -0.25) is 4.90 Å². The molecule has 12 heavy (non-hydrogen) atoms. The number of rotatable bonds is 1. The predicted octanol–water partition coefficient (Wildman–Crippen LogP) is 0.977. The van der Waals surface area contributed by atoms with Gasteiger partial charge in [-0.25, -0.2) is 0 Å². The summed E-state index contributed by atoms with van der Waals surface area (Å²) in [6.07, 6.45) is 7.25. The summed E-state index contributed by atoms with van der Waals surface area (Å²) in [5.74, 6) is 0. The highest BCUT2D eigenvalue weighted by Crippen LogP contribution is 2.42. The number of hydrogen-bond acceptors (Lipinski definition) is 2. The molecule has 1 unspecified atom stereocenters. The Morgan fingerprint density at radius 3 is 2.83 bits per heavy atom. The van der Waals surface area contributed by atoms with Crippen LogP contribution < -0.4 is 5.32 Å². The van der Waals surface area contributed by atoms with E-state index in [1.807, 2.05) is 0 Å². The van der Waals surface area contributed by atoms with Gasteiger partial charge in [0.2, 0.25) is 0 Å². The molecule has 3 aliphatic rings. The first kappa shape index (κ1) is 7.34. The van der Waals surface area contributed by atoms with Crippen LogP contribution in [0.5, 0.6) is 0 Å². The van der Waals surface area contributed by atoms with E-state index in [4.69, 9.17) is 0 Å². The van der Waals surface area contributed by atoms with Crippen LogP contribution >= 0.6 is 0 Å². The molecule has 0 radical (unpaired) electrons. The van der Waals surface area contributed by atoms with E-state index in [0.717, 1.165) is 6.04 Å². The molecule has 2 nitrogen and oxygen atoms in total. The summed E-state index contributed by atoms with van der Waals surface area (Å²) in [6.45, 7) is 3.90. The summed E-state index contributed by atoms with van der Waals surface area (Å²) in [6, 6.07) is 0.979. The maximum absolute atomic E-state index is 3.53. The minimum absolute atomic E-state index is 0.612. The van der Waals surface area contributed by atoms with E-state index in [2.05, 4.69) is 10.2 Å². The van der Waals surface area contributed by atoms with Crippen molar-refractivity contribution in [2.24, 2.45) is 0 Å². The van der Waals surface area contributed by atoms with Gasteiger partial charge in [0.1, 0.15) is 0 Å². The average molecular weight is 166 g/mol. The van der Waals surface area contributed by atoms with Gasteiger partial charge in [0.05, 0.1) is 0 Å². The average Bonchev–Trinajstić information content (AvgIpc) is 2.69. The molecule has 2 aliphatic heterocycles. The first-order valence-corrected chi connectivity index (χ1v) is 5.38. The van der Waals surface area contributed by atoms with E-state index in [0.29, 0.717) is 5.54 Å². The van der Waals surface area contributed by atoms with E-state index < -0.39 is 0 Å². The Bertz CT molecular complexity index is 175. The zero-order chi connectivity index (χ0) is 8.02. The summed E-state index contributed by atoms with van der Waals surface area (Å²) in [5, 5.41) is 3.53. The van der Waals surface area contributed by atoms with E-state index in [1.165, 1.54) is 51.7 Å². The first-order valence-electron chi connectivity index (χ1n) is 5.38. The zero-order valence-electron chi connectivity index (χ0n) is 7.68. The molecule has 2 heteroatoms. The van der Waals surface area contributed by atoms with Crippen LogP contribution in [0.2, 0.25) is 0 Å². The Kier molecular flexibility index (Phi) is 1.50. The van der Waals surface area contributed by atoms with Gasteiger partial charge in [-0.2, -0.15) is 0 Å². The lowest BCUT2D eigenvalue weighted by atomic mass is 9.95. The summed E-state index contributed by atoms with van der Waals surface area (Å²) >= 11 is 0. The maximum atomic E-state index is 3.53. The Morgan fingerprint density at radius 2 is 2.17 bits per heavy atom. The van der Waals surface area contributed by atoms with Crippen LogP contribution in [-0.2, 0) is 0 Å².